The number of aromatic nitrogens is 2. The van der Waals surface area contributed by atoms with Crippen LogP contribution in [0.1, 0.15) is 47.5 Å². The summed E-state index contributed by atoms with van der Waals surface area (Å²) in [6, 6.07) is 13.3. The summed E-state index contributed by atoms with van der Waals surface area (Å²) in [5.41, 5.74) is 2.07. The molecule has 0 spiro atoms. The molecule has 2 heterocycles. The van der Waals surface area contributed by atoms with Crippen molar-refractivity contribution in [1.29, 1.82) is 5.26 Å². The number of aryl methyl sites for hydroxylation is 1. The first-order valence-corrected chi connectivity index (χ1v) is 11.1. The van der Waals surface area contributed by atoms with Crippen molar-refractivity contribution >= 4 is 5.91 Å². The largest absolute Gasteiger partial charge is 0.384 e. The molecule has 1 saturated heterocycles. The molecule has 1 N–H and O–H groups in total. The lowest BCUT2D eigenvalue weighted by Crippen LogP contribution is -2.49. The highest BCUT2D eigenvalue weighted by atomic mass is 16.5. The number of nitrogens with one attached hydrogen (secondary N) is 1. The molecule has 0 unspecified atom stereocenters. The van der Waals surface area contributed by atoms with Crippen LogP contribution in [0.25, 0.3) is 0 Å². The topological polar surface area (TPSA) is 83.2 Å². The van der Waals surface area contributed by atoms with Gasteiger partial charge >= 0.3 is 0 Å². The van der Waals surface area contributed by atoms with Crippen molar-refractivity contribution in [3.8, 4) is 6.07 Å². The lowest BCUT2D eigenvalue weighted by Gasteiger charge is -2.41. The van der Waals surface area contributed by atoms with Crippen molar-refractivity contribution in [3.63, 3.8) is 0 Å². The van der Waals surface area contributed by atoms with Gasteiger partial charge in [0.05, 0.1) is 37.4 Å². The molecule has 1 aliphatic heterocycles. The van der Waals surface area contributed by atoms with Crippen LogP contribution in [0.2, 0.25) is 0 Å². The number of carbonyl (C=O) groups is 1. The van der Waals surface area contributed by atoms with E-state index in [4.69, 9.17) is 10.00 Å². The number of amides is 1. The van der Waals surface area contributed by atoms with Crippen LogP contribution in [0, 0.1) is 16.7 Å². The van der Waals surface area contributed by atoms with Gasteiger partial charge in [0.15, 0.2) is 0 Å². The van der Waals surface area contributed by atoms with Gasteiger partial charge in [-0.05, 0) is 24.8 Å². The zero-order valence-electron chi connectivity index (χ0n) is 18.2. The standard InChI is InChI=1S/C24H31N5O2/c1-31-18-24(17-26-22-14-21(22)19-6-3-2-4-7-19)8-12-28(13-9-24)23(30)20-15-27-29(16-20)11-5-10-25/h2-4,6-7,15-16,21-22,26H,5,8-9,11-14,17-18H2,1H3/t21-,22+/m0/s1. The minimum atomic E-state index is 0.0218. The molecule has 2 atom stereocenters. The molecule has 0 radical (unpaired) electrons. The summed E-state index contributed by atoms with van der Waals surface area (Å²) >= 11 is 0. The normalized spacial score (nSPS) is 22.1. The van der Waals surface area contributed by atoms with Gasteiger partial charge in [-0.3, -0.25) is 9.48 Å². The van der Waals surface area contributed by atoms with Gasteiger partial charge in [0.1, 0.15) is 0 Å². The Kier molecular flexibility index (Phi) is 6.69. The molecule has 0 bridgehead atoms. The molecule has 7 nitrogen and oxygen atoms in total. The van der Waals surface area contributed by atoms with Gasteiger partial charge in [0.2, 0.25) is 0 Å². The predicted molar refractivity (Wildman–Crippen MR) is 117 cm³/mol. The monoisotopic (exact) mass is 421 g/mol. The van der Waals surface area contributed by atoms with Crippen LogP contribution in [0.3, 0.4) is 0 Å². The molecule has 7 heteroatoms. The fraction of sp³-hybridized carbons (Fsp3) is 0.542. The SMILES string of the molecule is COCC1(CN[C@@H]2C[C@H]2c2ccccc2)CCN(C(=O)c2cnn(CCC#N)c2)CC1. The van der Waals surface area contributed by atoms with Crippen molar-refractivity contribution < 1.29 is 9.53 Å². The fourth-order valence-corrected chi connectivity index (χ4v) is 4.64. The van der Waals surface area contributed by atoms with Crippen molar-refractivity contribution in [2.24, 2.45) is 5.41 Å². The van der Waals surface area contributed by atoms with Crippen molar-refractivity contribution in [2.75, 3.05) is 33.4 Å². The number of piperidine rings is 1. The Balaban J connectivity index is 1.29. The van der Waals surface area contributed by atoms with E-state index in [1.54, 1.807) is 24.2 Å². The van der Waals surface area contributed by atoms with Crippen molar-refractivity contribution in [1.82, 2.24) is 20.0 Å². The van der Waals surface area contributed by atoms with Gasteiger partial charge in [0.25, 0.3) is 5.91 Å². The van der Waals surface area contributed by atoms with Gasteiger partial charge in [-0.1, -0.05) is 30.3 Å². The molecule has 2 fully saturated rings. The van der Waals surface area contributed by atoms with Crippen molar-refractivity contribution in [3.05, 3.63) is 53.9 Å². The van der Waals surface area contributed by atoms with Gasteiger partial charge in [-0.2, -0.15) is 10.4 Å². The molecular formula is C24H31N5O2. The van der Waals surface area contributed by atoms with Crippen LogP contribution in [0.4, 0.5) is 0 Å². The van der Waals surface area contributed by atoms with Gasteiger partial charge in [-0.15, -0.1) is 0 Å². The van der Waals surface area contributed by atoms with Crippen LogP contribution in [0.15, 0.2) is 42.7 Å². The minimum absolute atomic E-state index is 0.0218. The second-order valence-electron chi connectivity index (χ2n) is 8.87. The number of nitriles is 1. The second-order valence-corrected chi connectivity index (χ2v) is 8.87. The number of hydrogen-bond donors (Lipinski definition) is 1. The third kappa shape index (κ3) is 5.15. The summed E-state index contributed by atoms with van der Waals surface area (Å²) in [6.07, 6.45) is 6.77. The van der Waals surface area contributed by atoms with Gasteiger partial charge in [-0.25, -0.2) is 0 Å². The third-order valence-corrected chi connectivity index (χ3v) is 6.65. The summed E-state index contributed by atoms with van der Waals surface area (Å²) in [6.45, 7) is 3.58. The van der Waals surface area contributed by atoms with Crippen LogP contribution in [-0.2, 0) is 11.3 Å². The lowest BCUT2D eigenvalue weighted by atomic mass is 9.78. The Morgan fingerprint density at radius 1 is 1.32 bits per heavy atom. The van der Waals surface area contributed by atoms with Crippen LogP contribution < -0.4 is 5.32 Å². The molecule has 1 aliphatic carbocycles. The number of rotatable bonds is 9. The zero-order valence-corrected chi connectivity index (χ0v) is 18.2. The number of benzene rings is 1. The molecule has 1 aromatic heterocycles. The molecule has 31 heavy (non-hydrogen) atoms. The lowest BCUT2D eigenvalue weighted by molar-refractivity contribution is 0.0202. The van der Waals surface area contributed by atoms with Crippen LogP contribution in [-0.4, -0.2) is 60.0 Å². The van der Waals surface area contributed by atoms with E-state index in [2.05, 4.69) is 46.8 Å². The third-order valence-electron chi connectivity index (χ3n) is 6.65. The maximum Gasteiger partial charge on any atom is 0.257 e. The molecule has 1 aromatic carbocycles. The van der Waals surface area contributed by atoms with E-state index in [0.29, 0.717) is 37.1 Å². The van der Waals surface area contributed by atoms with E-state index >= 15 is 0 Å². The van der Waals surface area contributed by atoms with E-state index in [9.17, 15) is 4.79 Å². The zero-order chi connectivity index (χ0) is 21.7. The Morgan fingerprint density at radius 2 is 2.10 bits per heavy atom. The second kappa shape index (κ2) is 9.63. The summed E-state index contributed by atoms with van der Waals surface area (Å²) in [5.74, 6) is 0.633. The van der Waals surface area contributed by atoms with E-state index in [1.165, 1.54) is 12.0 Å². The Hall–Kier alpha value is -2.69. The number of nitrogens with zero attached hydrogens (tertiary/aromatic N) is 4. The average Bonchev–Trinajstić information content (AvgIpc) is 3.44. The maximum absolute atomic E-state index is 12.9. The first-order chi connectivity index (χ1) is 15.1. The number of hydrogen-bond acceptors (Lipinski definition) is 5. The highest BCUT2D eigenvalue weighted by Crippen LogP contribution is 2.42. The smallest absolute Gasteiger partial charge is 0.257 e. The molecule has 4 rings (SSSR count). The molecular weight excluding hydrogens is 390 g/mol. The quantitative estimate of drug-likeness (QED) is 0.673. The number of likely N-dealkylation sites (tertiary alicyclic amines) is 1. The average molecular weight is 422 g/mol. The van der Waals surface area contributed by atoms with E-state index in [-0.39, 0.29) is 11.3 Å². The Morgan fingerprint density at radius 3 is 2.81 bits per heavy atom. The molecule has 2 aliphatic rings. The molecule has 1 amide bonds. The summed E-state index contributed by atoms with van der Waals surface area (Å²) in [4.78, 5) is 14.8. The number of carbonyl (C=O) groups excluding carboxylic acids is 1. The predicted octanol–water partition coefficient (Wildman–Crippen LogP) is 2.81. The van der Waals surface area contributed by atoms with E-state index in [1.807, 2.05) is 4.90 Å². The van der Waals surface area contributed by atoms with E-state index < -0.39 is 0 Å². The molecule has 164 valence electrons. The summed E-state index contributed by atoms with van der Waals surface area (Å²) in [5, 5.41) is 16.7. The number of methoxy groups -OCH3 is 1. The minimum Gasteiger partial charge on any atom is -0.384 e. The van der Waals surface area contributed by atoms with Gasteiger partial charge in [0, 0.05) is 50.3 Å². The Labute approximate surface area is 184 Å². The first kappa shape index (κ1) is 21.5. The first-order valence-electron chi connectivity index (χ1n) is 11.1. The maximum atomic E-state index is 12.9. The van der Waals surface area contributed by atoms with Gasteiger partial charge < -0.3 is 15.0 Å². The fourth-order valence-electron chi connectivity index (χ4n) is 4.64. The van der Waals surface area contributed by atoms with E-state index in [0.717, 1.165) is 32.5 Å². The van der Waals surface area contributed by atoms with Crippen LogP contribution in [0.5, 0.6) is 0 Å². The summed E-state index contributed by atoms with van der Waals surface area (Å²) < 4.78 is 7.25. The highest BCUT2D eigenvalue weighted by molar-refractivity contribution is 5.93. The van der Waals surface area contributed by atoms with Crippen molar-refractivity contribution in [2.45, 2.75) is 44.2 Å². The van der Waals surface area contributed by atoms with Crippen LogP contribution >= 0.6 is 0 Å². The molecule has 1 saturated carbocycles. The number of ether oxygens (including phenoxy) is 1. The Bertz CT molecular complexity index is 912. The molecule has 2 aromatic rings. The summed E-state index contributed by atoms with van der Waals surface area (Å²) in [7, 11) is 1.76. The highest BCUT2D eigenvalue weighted by Gasteiger charge is 2.42.